The van der Waals surface area contributed by atoms with Crippen LogP contribution in [0.4, 0.5) is 0 Å². The molecule has 0 unspecified atom stereocenters. The van der Waals surface area contributed by atoms with Gasteiger partial charge in [-0.05, 0) is 43.9 Å². The van der Waals surface area contributed by atoms with Crippen LogP contribution in [-0.4, -0.2) is 69.6 Å². The summed E-state index contributed by atoms with van der Waals surface area (Å²) in [6.45, 7) is 1.27. The number of benzene rings is 2. The third-order valence-electron chi connectivity index (χ3n) is 4.46. The minimum atomic E-state index is -0.637. The zero-order valence-electron chi connectivity index (χ0n) is 18.2. The van der Waals surface area contributed by atoms with Gasteiger partial charge in [-0.1, -0.05) is 23.7 Å². The van der Waals surface area contributed by atoms with Crippen LogP contribution in [0.2, 0.25) is 5.02 Å². The number of rotatable bonds is 11. The Labute approximate surface area is 187 Å². The molecule has 8 nitrogen and oxygen atoms in total. The van der Waals surface area contributed by atoms with E-state index >= 15 is 0 Å². The molecule has 0 aliphatic rings. The van der Waals surface area contributed by atoms with E-state index in [1.54, 1.807) is 29.2 Å². The standard InChI is InChI=1S/C22H28ClN3O5/c1-25(2)9-10-26(13-15-5-7-17(23)8-6-15)22(28)16-11-18(29-3)21(19(12-16)30-4)31-14-20(24)27/h5-8,11-12H,9-10,13-14H2,1-4H3,(H2,24,27). The van der Waals surface area contributed by atoms with Crippen LogP contribution in [0.1, 0.15) is 15.9 Å². The van der Waals surface area contributed by atoms with Crippen molar-refractivity contribution >= 4 is 23.4 Å². The van der Waals surface area contributed by atoms with Crippen LogP contribution in [0.15, 0.2) is 36.4 Å². The van der Waals surface area contributed by atoms with Crippen LogP contribution in [0.3, 0.4) is 0 Å². The van der Waals surface area contributed by atoms with E-state index in [-0.39, 0.29) is 29.8 Å². The number of carbonyl (C=O) groups excluding carboxylic acids is 2. The summed E-state index contributed by atoms with van der Waals surface area (Å²) in [6.07, 6.45) is 0. The van der Waals surface area contributed by atoms with Crippen molar-refractivity contribution in [2.75, 3.05) is 48.0 Å². The molecule has 0 aliphatic heterocycles. The number of carbonyl (C=O) groups is 2. The third kappa shape index (κ3) is 7.04. The fraction of sp³-hybridized carbons (Fsp3) is 0.364. The van der Waals surface area contributed by atoms with Gasteiger partial charge in [0, 0.05) is 30.2 Å². The zero-order valence-corrected chi connectivity index (χ0v) is 18.9. The molecule has 2 rings (SSSR count). The Morgan fingerprint density at radius 3 is 2.06 bits per heavy atom. The highest BCUT2D eigenvalue weighted by atomic mass is 35.5. The number of likely N-dealkylation sites (N-methyl/N-ethyl adjacent to an activating group) is 1. The van der Waals surface area contributed by atoms with Crippen molar-refractivity contribution in [1.82, 2.24) is 9.80 Å². The second-order valence-corrected chi connectivity index (χ2v) is 7.56. The molecule has 0 radical (unpaired) electrons. The maximum absolute atomic E-state index is 13.4. The first-order valence-electron chi connectivity index (χ1n) is 9.60. The Morgan fingerprint density at radius 1 is 1.00 bits per heavy atom. The molecule has 0 spiro atoms. The summed E-state index contributed by atoms with van der Waals surface area (Å²) in [7, 11) is 6.78. The molecular formula is C22H28ClN3O5. The van der Waals surface area contributed by atoms with Gasteiger partial charge >= 0.3 is 0 Å². The SMILES string of the molecule is COc1cc(C(=O)N(CCN(C)C)Cc2ccc(Cl)cc2)cc(OC)c1OCC(N)=O. The molecule has 0 saturated heterocycles. The smallest absolute Gasteiger partial charge is 0.255 e. The second-order valence-electron chi connectivity index (χ2n) is 7.12. The summed E-state index contributed by atoms with van der Waals surface area (Å²) in [5, 5.41) is 0.635. The minimum absolute atomic E-state index is 0.199. The van der Waals surface area contributed by atoms with Crippen molar-refractivity contribution in [3.63, 3.8) is 0 Å². The summed E-state index contributed by atoms with van der Waals surface area (Å²) >= 11 is 5.98. The average molecular weight is 450 g/mol. The van der Waals surface area contributed by atoms with Gasteiger partial charge in [-0.3, -0.25) is 9.59 Å². The molecule has 2 aromatic rings. The van der Waals surface area contributed by atoms with Gasteiger partial charge in [0.15, 0.2) is 18.1 Å². The van der Waals surface area contributed by atoms with Crippen molar-refractivity contribution in [1.29, 1.82) is 0 Å². The first-order valence-corrected chi connectivity index (χ1v) is 9.98. The molecule has 9 heteroatoms. The number of ether oxygens (including phenoxy) is 3. The molecule has 168 valence electrons. The molecule has 0 heterocycles. The fourth-order valence-electron chi connectivity index (χ4n) is 2.85. The molecule has 0 aromatic heterocycles. The molecule has 2 amide bonds. The first-order chi connectivity index (χ1) is 14.7. The molecule has 0 aliphatic carbocycles. The fourth-order valence-corrected chi connectivity index (χ4v) is 2.98. The Morgan fingerprint density at radius 2 is 1.58 bits per heavy atom. The molecule has 0 bridgehead atoms. The highest BCUT2D eigenvalue weighted by molar-refractivity contribution is 6.30. The Hall–Kier alpha value is -2.97. The second kappa shape index (κ2) is 11.4. The molecule has 2 N–H and O–H groups in total. The molecule has 2 aromatic carbocycles. The summed E-state index contributed by atoms with van der Waals surface area (Å²) in [5.41, 5.74) is 6.49. The number of nitrogens with two attached hydrogens (primary N) is 1. The van der Waals surface area contributed by atoms with Crippen molar-refractivity contribution in [3.05, 3.63) is 52.5 Å². The van der Waals surface area contributed by atoms with E-state index in [1.165, 1.54) is 14.2 Å². The summed E-state index contributed by atoms with van der Waals surface area (Å²) in [4.78, 5) is 28.2. The summed E-state index contributed by atoms with van der Waals surface area (Å²) < 4.78 is 16.2. The lowest BCUT2D eigenvalue weighted by atomic mass is 10.1. The highest BCUT2D eigenvalue weighted by Crippen LogP contribution is 2.39. The van der Waals surface area contributed by atoms with Gasteiger partial charge in [0.2, 0.25) is 5.75 Å². The van der Waals surface area contributed by atoms with Gasteiger partial charge < -0.3 is 29.7 Å². The zero-order chi connectivity index (χ0) is 23.0. The highest BCUT2D eigenvalue weighted by Gasteiger charge is 2.22. The van der Waals surface area contributed by atoms with Crippen LogP contribution in [-0.2, 0) is 11.3 Å². The van der Waals surface area contributed by atoms with Crippen molar-refractivity contribution in [2.24, 2.45) is 5.73 Å². The van der Waals surface area contributed by atoms with Gasteiger partial charge in [-0.2, -0.15) is 0 Å². The molecule has 0 atom stereocenters. The number of nitrogens with zero attached hydrogens (tertiary/aromatic N) is 2. The summed E-state index contributed by atoms with van der Waals surface area (Å²) in [5.74, 6) is -0.0965. The third-order valence-corrected chi connectivity index (χ3v) is 4.71. The van der Waals surface area contributed by atoms with Gasteiger partial charge in [-0.15, -0.1) is 0 Å². The Balaban J connectivity index is 2.37. The number of primary amides is 1. The monoisotopic (exact) mass is 449 g/mol. The predicted octanol–water partition coefficient (Wildman–Crippen LogP) is 2.43. The van der Waals surface area contributed by atoms with Crippen molar-refractivity contribution in [3.8, 4) is 17.2 Å². The molecule has 31 heavy (non-hydrogen) atoms. The summed E-state index contributed by atoms with van der Waals surface area (Å²) in [6, 6.07) is 10.5. The van der Waals surface area contributed by atoms with Gasteiger partial charge in [0.25, 0.3) is 11.8 Å². The van der Waals surface area contributed by atoms with Crippen molar-refractivity contribution < 1.29 is 23.8 Å². The van der Waals surface area contributed by atoms with E-state index in [0.717, 1.165) is 5.56 Å². The van der Waals surface area contributed by atoms with E-state index in [0.29, 0.717) is 30.2 Å². The van der Waals surface area contributed by atoms with Crippen LogP contribution in [0, 0.1) is 0 Å². The largest absolute Gasteiger partial charge is 0.493 e. The maximum Gasteiger partial charge on any atom is 0.255 e. The lowest BCUT2D eigenvalue weighted by molar-refractivity contribution is -0.120. The molecule has 0 saturated carbocycles. The van der Waals surface area contributed by atoms with Gasteiger partial charge in [0.05, 0.1) is 14.2 Å². The van der Waals surface area contributed by atoms with Crippen LogP contribution in [0.25, 0.3) is 0 Å². The predicted molar refractivity (Wildman–Crippen MR) is 119 cm³/mol. The number of hydrogen-bond acceptors (Lipinski definition) is 6. The van der Waals surface area contributed by atoms with E-state index in [2.05, 4.69) is 0 Å². The first kappa shape index (κ1) is 24.3. The topological polar surface area (TPSA) is 94.3 Å². The lowest BCUT2D eigenvalue weighted by Crippen LogP contribution is -2.36. The number of hydrogen-bond donors (Lipinski definition) is 1. The minimum Gasteiger partial charge on any atom is -0.493 e. The Kier molecular flexibility index (Phi) is 8.96. The van der Waals surface area contributed by atoms with Crippen LogP contribution < -0.4 is 19.9 Å². The van der Waals surface area contributed by atoms with Crippen molar-refractivity contribution in [2.45, 2.75) is 6.54 Å². The van der Waals surface area contributed by atoms with Gasteiger partial charge in [-0.25, -0.2) is 0 Å². The molecular weight excluding hydrogens is 422 g/mol. The number of methoxy groups -OCH3 is 2. The van der Waals surface area contributed by atoms with Gasteiger partial charge in [0.1, 0.15) is 0 Å². The average Bonchev–Trinajstić information content (AvgIpc) is 2.75. The lowest BCUT2D eigenvalue weighted by Gasteiger charge is -2.25. The number of amides is 2. The van der Waals surface area contributed by atoms with E-state index < -0.39 is 5.91 Å². The van der Waals surface area contributed by atoms with E-state index in [4.69, 9.17) is 31.5 Å². The van der Waals surface area contributed by atoms with E-state index in [9.17, 15) is 9.59 Å². The van der Waals surface area contributed by atoms with E-state index in [1.807, 2.05) is 31.1 Å². The Bertz CT molecular complexity index is 878. The quantitative estimate of drug-likeness (QED) is 0.566. The maximum atomic E-state index is 13.4. The molecule has 0 fully saturated rings. The number of halogens is 1. The van der Waals surface area contributed by atoms with Crippen LogP contribution in [0.5, 0.6) is 17.2 Å². The normalized spacial score (nSPS) is 10.6. The van der Waals surface area contributed by atoms with Crippen LogP contribution >= 0.6 is 11.6 Å².